The molecule has 1 aromatic rings. The number of alkyl halides is 1. The van der Waals surface area contributed by atoms with Gasteiger partial charge in [-0.3, -0.25) is 4.79 Å². The summed E-state index contributed by atoms with van der Waals surface area (Å²) in [4.78, 5) is 17.9. The molecule has 0 radical (unpaired) electrons. The lowest BCUT2D eigenvalue weighted by atomic mass is 10.2. The molecule has 0 aromatic carbocycles. The molecule has 1 unspecified atom stereocenters. The van der Waals surface area contributed by atoms with E-state index in [9.17, 15) is 4.79 Å². The number of Topliss-reactive ketones (excluding diaryl/α,β-unsaturated/α-hetero) is 1. The van der Waals surface area contributed by atoms with Crippen LogP contribution in [-0.4, -0.2) is 19.7 Å². The standard InChI is InChI=1S/C7H9IN2O/c1-5(8)7(11)2-6-3-9-4-10-6/h3-5H,2H2,1H3,(H,9,10). The summed E-state index contributed by atoms with van der Waals surface area (Å²) in [7, 11) is 0. The first-order valence-electron chi connectivity index (χ1n) is 3.34. The van der Waals surface area contributed by atoms with E-state index in [4.69, 9.17) is 0 Å². The van der Waals surface area contributed by atoms with Crippen LogP contribution in [0.25, 0.3) is 0 Å². The highest BCUT2D eigenvalue weighted by molar-refractivity contribution is 14.1. The molecule has 1 atom stereocenters. The summed E-state index contributed by atoms with van der Waals surface area (Å²) in [6, 6.07) is 0. The fraction of sp³-hybridized carbons (Fsp3) is 0.429. The summed E-state index contributed by atoms with van der Waals surface area (Å²) < 4.78 is 0.0795. The maximum atomic E-state index is 11.2. The molecular formula is C7H9IN2O. The largest absolute Gasteiger partial charge is 0.348 e. The van der Waals surface area contributed by atoms with Gasteiger partial charge in [0.05, 0.1) is 10.3 Å². The first kappa shape index (κ1) is 8.70. The van der Waals surface area contributed by atoms with Crippen LogP contribution in [0.2, 0.25) is 0 Å². The third kappa shape index (κ3) is 2.61. The molecule has 0 aliphatic rings. The second-order valence-electron chi connectivity index (χ2n) is 2.34. The Hall–Kier alpha value is -0.390. The fourth-order valence-corrected chi connectivity index (χ4v) is 0.930. The summed E-state index contributed by atoms with van der Waals surface area (Å²) in [5.74, 6) is 0.231. The summed E-state index contributed by atoms with van der Waals surface area (Å²) in [6.45, 7) is 1.89. The van der Waals surface area contributed by atoms with Crippen LogP contribution in [0.15, 0.2) is 12.5 Å². The monoisotopic (exact) mass is 264 g/mol. The summed E-state index contributed by atoms with van der Waals surface area (Å²) in [5, 5.41) is 0. The van der Waals surface area contributed by atoms with E-state index >= 15 is 0 Å². The average molecular weight is 264 g/mol. The fourth-order valence-electron chi connectivity index (χ4n) is 0.710. The van der Waals surface area contributed by atoms with Crippen molar-refractivity contribution in [2.75, 3.05) is 0 Å². The van der Waals surface area contributed by atoms with Crippen LogP contribution >= 0.6 is 22.6 Å². The van der Waals surface area contributed by atoms with Crippen molar-refractivity contribution in [1.29, 1.82) is 0 Å². The number of hydrogen-bond acceptors (Lipinski definition) is 2. The molecule has 0 aliphatic heterocycles. The molecule has 3 nitrogen and oxygen atoms in total. The van der Waals surface area contributed by atoms with Gasteiger partial charge in [0.25, 0.3) is 0 Å². The van der Waals surface area contributed by atoms with Gasteiger partial charge in [0, 0.05) is 18.3 Å². The van der Waals surface area contributed by atoms with Crippen LogP contribution in [0, 0.1) is 0 Å². The molecule has 0 fully saturated rings. The number of nitrogens with zero attached hydrogens (tertiary/aromatic N) is 1. The van der Waals surface area contributed by atoms with Gasteiger partial charge in [-0.15, -0.1) is 0 Å². The molecule has 11 heavy (non-hydrogen) atoms. The van der Waals surface area contributed by atoms with Crippen molar-refractivity contribution in [3.05, 3.63) is 18.2 Å². The van der Waals surface area contributed by atoms with Crippen molar-refractivity contribution < 1.29 is 4.79 Å². The van der Waals surface area contributed by atoms with Gasteiger partial charge in [-0.1, -0.05) is 22.6 Å². The van der Waals surface area contributed by atoms with Crippen LogP contribution in [0.3, 0.4) is 0 Å². The van der Waals surface area contributed by atoms with Crippen LogP contribution in [0.4, 0.5) is 0 Å². The predicted molar refractivity (Wildman–Crippen MR) is 50.8 cm³/mol. The van der Waals surface area contributed by atoms with E-state index in [1.807, 2.05) is 6.92 Å². The number of hydrogen-bond donors (Lipinski definition) is 1. The first-order chi connectivity index (χ1) is 5.20. The summed E-state index contributed by atoms with van der Waals surface area (Å²) >= 11 is 2.11. The molecule has 1 aromatic heterocycles. The Morgan fingerprint density at radius 2 is 2.64 bits per heavy atom. The van der Waals surface area contributed by atoms with E-state index in [0.717, 1.165) is 5.69 Å². The molecular weight excluding hydrogens is 255 g/mol. The van der Waals surface area contributed by atoms with Crippen LogP contribution in [0.1, 0.15) is 12.6 Å². The number of imidazole rings is 1. The Morgan fingerprint density at radius 1 is 1.91 bits per heavy atom. The molecule has 0 spiro atoms. The lowest BCUT2D eigenvalue weighted by Gasteiger charge is -1.98. The van der Waals surface area contributed by atoms with Crippen LogP contribution < -0.4 is 0 Å². The second kappa shape index (κ2) is 3.85. The lowest BCUT2D eigenvalue weighted by molar-refractivity contribution is -0.117. The first-order valence-corrected chi connectivity index (χ1v) is 4.58. The van der Waals surface area contributed by atoms with Gasteiger partial charge in [-0.05, 0) is 6.92 Å². The SMILES string of the molecule is CC(I)C(=O)Cc1cnc[nH]1. The molecule has 1 rings (SSSR count). The molecule has 0 bridgehead atoms. The van der Waals surface area contributed by atoms with Crippen molar-refractivity contribution in [3.8, 4) is 0 Å². The molecule has 0 amide bonds. The van der Waals surface area contributed by atoms with Gasteiger partial charge in [0.2, 0.25) is 0 Å². The van der Waals surface area contributed by atoms with Crippen molar-refractivity contribution in [2.24, 2.45) is 0 Å². The number of carbonyl (C=O) groups excluding carboxylic acids is 1. The average Bonchev–Trinajstić information content (AvgIpc) is 2.39. The zero-order chi connectivity index (χ0) is 8.27. The van der Waals surface area contributed by atoms with Crippen molar-refractivity contribution in [2.45, 2.75) is 17.3 Å². The van der Waals surface area contributed by atoms with Gasteiger partial charge in [-0.25, -0.2) is 4.98 Å². The van der Waals surface area contributed by atoms with E-state index in [1.165, 1.54) is 0 Å². The maximum absolute atomic E-state index is 11.2. The Balaban J connectivity index is 2.50. The predicted octanol–water partition coefficient (Wildman–Crippen LogP) is 1.34. The number of halogens is 1. The minimum Gasteiger partial charge on any atom is -0.348 e. The van der Waals surface area contributed by atoms with Crippen molar-refractivity contribution in [3.63, 3.8) is 0 Å². The van der Waals surface area contributed by atoms with E-state index in [0.29, 0.717) is 6.42 Å². The molecule has 4 heteroatoms. The number of carbonyl (C=O) groups is 1. The molecule has 60 valence electrons. The van der Waals surface area contributed by atoms with Crippen molar-refractivity contribution in [1.82, 2.24) is 9.97 Å². The van der Waals surface area contributed by atoms with Gasteiger partial charge < -0.3 is 4.98 Å². The Labute approximate surface area is 78.7 Å². The molecule has 0 aliphatic carbocycles. The third-order valence-electron chi connectivity index (χ3n) is 1.36. The Kier molecular flexibility index (Phi) is 3.04. The normalized spacial score (nSPS) is 12.9. The number of ketones is 1. The lowest BCUT2D eigenvalue weighted by Crippen LogP contribution is -2.12. The van der Waals surface area contributed by atoms with Gasteiger partial charge in [0.15, 0.2) is 5.78 Å². The summed E-state index contributed by atoms with van der Waals surface area (Å²) in [6.07, 6.45) is 3.72. The van der Waals surface area contributed by atoms with Gasteiger partial charge >= 0.3 is 0 Å². The molecule has 0 saturated carbocycles. The minimum absolute atomic E-state index is 0.0795. The molecule has 0 saturated heterocycles. The molecule has 1 heterocycles. The van der Waals surface area contributed by atoms with E-state index in [2.05, 4.69) is 32.6 Å². The highest BCUT2D eigenvalue weighted by atomic mass is 127. The summed E-state index contributed by atoms with van der Waals surface area (Å²) in [5.41, 5.74) is 0.888. The van der Waals surface area contributed by atoms with E-state index < -0.39 is 0 Å². The number of aromatic nitrogens is 2. The number of rotatable bonds is 3. The van der Waals surface area contributed by atoms with Gasteiger partial charge in [0.1, 0.15) is 0 Å². The topological polar surface area (TPSA) is 45.8 Å². The third-order valence-corrected chi connectivity index (χ3v) is 2.06. The van der Waals surface area contributed by atoms with Crippen LogP contribution in [0.5, 0.6) is 0 Å². The van der Waals surface area contributed by atoms with Gasteiger partial charge in [-0.2, -0.15) is 0 Å². The highest BCUT2D eigenvalue weighted by Crippen LogP contribution is 2.04. The zero-order valence-corrected chi connectivity index (χ0v) is 8.33. The highest BCUT2D eigenvalue weighted by Gasteiger charge is 2.09. The van der Waals surface area contributed by atoms with Crippen molar-refractivity contribution >= 4 is 28.4 Å². The zero-order valence-electron chi connectivity index (χ0n) is 6.17. The maximum Gasteiger partial charge on any atom is 0.151 e. The smallest absolute Gasteiger partial charge is 0.151 e. The number of nitrogens with one attached hydrogen (secondary N) is 1. The Bertz CT molecular complexity index is 231. The number of H-pyrrole nitrogens is 1. The van der Waals surface area contributed by atoms with E-state index in [-0.39, 0.29) is 9.71 Å². The second-order valence-corrected chi connectivity index (χ2v) is 4.20. The Morgan fingerprint density at radius 3 is 3.09 bits per heavy atom. The molecule has 1 N–H and O–H groups in total. The number of aromatic amines is 1. The minimum atomic E-state index is 0.0795. The van der Waals surface area contributed by atoms with E-state index in [1.54, 1.807) is 12.5 Å². The van der Waals surface area contributed by atoms with Crippen LogP contribution in [-0.2, 0) is 11.2 Å². The quantitative estimate of drug-likeness (QED) is 0.661.